The summed E-state index contributed by atoms with van der Waals surface area (Å²) in [6.07, 6.45) is 0.0241. The Bertz CT molecular complexity index is 923. The van der Waals surface area contributed by atoms with Gasteiger partial charge in [0.05, 0.1) is 18.7 Å². The number of aliphatic hydroxyl groups excluding tert-OH is 1. The number of carbonyl (C=O) groups excluding carboxylic acids is 2. The lowest BCUT2D eigenvalue weighted by molar-refractivity contribution is -0.0721. The second kappa shape index (κ2) is 12.5. The van der Waals surface area contributed by atoms with Crippen LogP contribution in [-0.2, 0) is 6.42 Å². The number of amides is 3. The van der Waals surface area contributed by atoms with Crippen LogP contribution < -0.4 is 5.32 Å². The van der Waals surface area contributed by atoms with Crippen molar-refractivity contribution in [2.45, 2.75) is 39.8 Å². The van der Waals surface area contributed by atoms with Crippen LogP contribution in [0.3, 0.4) is 0 Å². The third kappa shape index (κ3) is 7.03. The number of hydrogen-bond acceptors (Lipinski definition) is 5. The van der Waals surface area contributed by atoms with Gasteiger partial charge in [-0.3, -0.25) is 10.0 Å². The van der Waals surface area contributed by atoms with Crippen molar-refractivity contribution in [2.24, 2.45) is 0 Å². The standard InChI is InChI=1S/C25H34N4O4.CH4/c1-4-19-5-7-20(8-6-19)21-9-11-22(12-10-21)24(31)26-23(18(2)30)17-29(33)25(32)28-15-13-27(3)14-16-28;/h5-12,18,23,30,33H,4,13-17H2,1-3H3,(H,26,31);1H4/t18-,23-;/m1./s1. The Hall–Kier alpha value is -2.94. The molecule has 1 aliphatic heterocycles. The summed E-state index contributed by atoms with van der Waals surface area (Å²) in [5, 5.41) is 23.7. The van der Waals surface area contributed by atoms with Gasteiger partial charge in [0, 0.05) is 31.7 Å². The molecule has 0 saturated carbocycles. The van der Waals surface area contributed by atoms with Crippen LogP contribution in [0.5, 0.6) is 0 Å². The van der Waals surface area contributed by atoms with Gasteiger partial charge in [0.25, 0.3) is 5.91 Å². The van der Waals surface area contributed by atoms with E-state index in [-0.39, 0.29) is 19.9 Å². The lowest BCUT2D eigenvalue weighted by atomic mass is 10.0. The Kier molecular flexibility index (Phi) is 10.0. The minimum Gasteiger partial charge on any atom is -0.391 e. The van der Waals surface area contributed by atoms with Gasteiger partial charge < -0.3 is 20.2 Å². The molecule has 3 amide bonds. The molecular weight excluding hydrogens is 432 g/mol. The van der Waals surface area contributed by atoms with Gasteiger partial charge in [-0.2, -0.15) is 0 Å². The van der Waals surface area contributed by atoms with Gasteiger partial charge in [-0.05, 0) is 49.2 Å². The van der Waals surface area contributed by atoms with E-state index in [4.69, 9.17) is 0 Å². The van der Waals surface area contributed by atoms with E-state index in [1.807, 2.05) is 19.2 Å². The topological polar surface area (TPSA) is 96.4 Å². The fourth-order valence-electron chi connectivity index (χ4n) is 3.74. The van der Waals surface area contributed by atoms with Gasteiger partial charge in [0.2, 0.25) is 0 Å². The Morgan fingerprint density at radius 3 is 2.03 bits per heavy atom. The summed E-state index contributed by atoms with van der Waals surface area (Å²) in [6, 6.07) is 14.2. The number of hydrogen-bond donors (Lipinski definition) is 3. The van der Waals surface area contributed by atoms with Crippen LogP contribution in [0.15, 0.2) is 48.5 Å². The molecule has 8 heteroatoms. The summed E-state index contributed by atoms with van der Waals surface area (Å²) < 4.78 is 0. The zero-order valence-corrected chi connectivity index (χ0v) is 19.6. The quantitative estimate of drug-likeness (QED) is 0.427. The van der Waals surface area contributed by atoms with Crippen molar-refractivity contribution >= 4 is 11.9 Å². The van der Waals surface area contributed by atoms with Gasteiger partial charge in [-0.15, -0.1) is 0 Å². The lowest BCUT2D eigenvalue weighted by Gasteiger charge is -2.35. The van der Waals surface area contributed by atoms with Crippen molar-refractivity contribution in [3.05, 3.63) is 59.7 Å². The van der Waals surface area contributed by atoms with E-state index in [0.717, 1.165) is 30.6 Å². The smallest absolute Gasteiger partial charge is 0.343 e. The summed E-state index contributed by atoms with van der Waals surface area (Å²) in [5.41, 5.74) is 3.77. The predicted octanol–water partition coefficient (Wildman–Crippen LogP) is 3.09. The molecule has 0 bridgehead atoms. The molecule has 0 unspecified atom stereocenters. The summed E-state index contributed by atoms with van der Waals surface area (Å²) >= 11 is 0. The molecular formula is C26H38N4O4. The Labute approximate surface area is 202 Å². The number of urea groups is 1. The van der Waals surface area contributed by atoms with Gasteiger partial charge in [-0.25, -0.2) is 9.86 Å². The molecule has 34 heavy (non-hydrogen) atoms. The molecule has 1 aliphatic rings. The fraction of sp³-hybridized carbons (Fsp3) is 0.462. The maximum atomic E-state index is 12.8. The Balaban J connectivity index is 0.00000408. The van der Waals surface area contributed by atoms with E-state index in [1.54, 1.807) is 17.0 Å². The zero-order chi connectivity index (χ0) is 24.0. The molecule has 1 saturated heterocycles. The number of nitrogens with zero attached hydrogens (tertiary/aromatic N) is 3. The summed E-state index contributed by atoms with van der Waals surface area (Å²) in [5.74, 6) is -0.380. The molecule has 2 aromatic rings. The normalized spacial score (nSPS) is 15.7. The number of rotatable bonds is 7. The van der Waals surface area contributed by atoms with Crippen LogP contribution in [0.2, 0.25) is 0 Å². The number of piperazine rings is 1. The predicted molar refractivity (Wildman–Crippen MR) is 134 cm³/mol. The third-order valence-corrected chi connectivity index (χ3v) is 6.11. The van der Waals surface area contributed by atoms with Gasteiger partial charge in [0.1, 0.15) is 0 Å². The van der Waals surface area contributed by atoms with Crippen molar-refractivity contribution < 1.29 is 19.9 Å². The molecule has 0 aromatic heterocycles. The zero-order valence-electron chi connectivity index (χ0n) is 19.6. The van der Waals surface area contributed by atoms with Crippen LogP contribution >= 0.6 is 0 Å². The second-order valence-electron chi connectivity index (χ2n) is 8.60. The molecule has 0 spiro atoms. The molecule has 8 nitrogen and oxygen atoms in total. The number of nitrogens with one attached hydrogen (secondary N) is 1. The van der Waals surface area contributed by atoms with Crippen LogP contribution in [0, 0.1) is 0 Å². The molecule has 3 rings (SSSR count). The van der Waals surface area contributed by atoms with Crippen molar-refractivity contribution in [1.29, 1.82) is 0 Å². The SMILES string of the molecule is C.CCc1ccc(-c2ccc(C(=O)N[C@H](CN(O)C(=O)N3CCN(C)CC3)[C@@H](C)O)cc2)cc1. The lowest BCUT2D eigenvalue weighted by Crippen LogP contribution is -2.55. The first-order valence-electron chi connectivity index (χ1n) is 11.4. The van der Waals surface area contributed by atoms with Crippen molar-refractivity contribution in [2.75, 3.05) is 39.8 Å². The molecule has 1 fully saturated rings. The molecule has 3 N–H and O–H groups in total. The largest absolute Gasteiger partial charge is 0.391 e. The highest BCUT2D eigenvalue weighted by Crippen LogP contribution is 2.21. The van der Waals surface area contributed by atoms with Crippen molar-refractivity contribution in [3.63, 3.8) is 0 Å². The molecule has 186 valence electrons. The highest BCUT2D eigenvalue weighted by atomic mass is 16.5. The molecule has 1 heterocycles. The molecule has 2 atom stereocenters. The average Bonchev–Trinajstić information content (AvgIpc) is 2.83. The first-order valence-corrected chi connectivity index (χ1v) is 11.4. The average molecular weight is 471 g/mol. The number of carbonyl (C=O) groups is 2. The van der Waals surface area contributed by atoms with Crippen molar-refractivity contribution in [1.82, 2.24) is 20.2 Å². The summed E-state index contributed by atoms with van der Waals surface area (Å²) in [4.78, 5) is 28.9. The Morgan fingerprint density at radius 1 is 1.00 bits per heavy atom. The number of aryl methyl sites for hydroxylation is 1. The molecule has 0 aliphatic carbocycles. The van der Waals surface area contributed by atoms with Gasteiger partial charge in [0.15, 0.2) is 0 Å². The van der Waals surface area contributed by atoms with Crippen molar-refractivity contribution in [3.8, 4) is 11.1 Å². The highest BCUT2D eigenvalue weighted by molar-refractivity contribution is 5.95. The van der Waals surface area contributed by atoms with E-state index < -0.39 is 18.2 Å². The maximum Gasteiger partial charge on any atom is 0.343 e. The van der Waals surface area contributed by atoms with Crippen LogP contribution in [-0.4, -0.2) is 89.0 Å². The minimum atomic E-state index is -0.958. The van der Waals surface area contributed by atoms with E-state index in [1.165, 1.54) is 12.5 Å². The molecule has 0 radical (unpaired) electrons. The van der Waals surface area contributed by atoms with Gasteiger partial charge in [-0.1, -0.05) is 50.7 Å². The van der Waals surface area contributed by atoms with Crippen LogP contribution in [0.1, 0.15) is 37.2 Å². The summed E-state index contributed by atoms with van der Waals surface area (Å²) in [7, 11) is 1.98. The van der Waals surface area contributed by atoms with Crippen LogP contribution in [0.25, 0.3) is 11.1 Å². The highest BCUT2D eigenvalue weighted by Gasteiger charge is 2.28. The number of aliphatic hydroxyl groups is 1. The monoisotopic (exact) mass is 470 g/mol. The Morgan fingerprint density at radius 2 is 1.53 bits per heavy atom. The molecule has 2 aromatic carbocycles. The van der Waals surface area contributed by atoms with E-state index >= 15 is 0 Å². The fourth-order valence-corrected chi connectivity index (χ4v) is 3.74. The number of likely N-dealkylation sites (N-methyl/N-ethyl adjacent to an activating group) is 1. The number of benzene rings is 2. The second-order valence-corrected chi connectivity index (χ2v) is 8.60. The van der Waals surface area contributed by atoms with Gasteiger partial charge >= 0.3 is 6.03 Å². The maximum absolute atomic E-state index is 12.8. The van der Waals surface area contributed by atoms with E-state index in [2.05, 4.69) is 41.4 Å². The van der Waals surface area contributed by atoms with E-state index in [0.29, 0.717) is 23.7 Å². The third-order valence-electron chi connectivity index (χ3n) is 6.11. The van der Waals surface area contributed by atoms with E-state index in [9.17, 15) is 19.9 Å². The first kappa shape index (κ1) is 27.3. The summed E-state index contributed by atoms with van der Waals surface area (Å²) in [6.45, 7) is 5.92. The number of hydroxylamine groups is 2. The minimum absolute atomic E-state index is 0. The first-order chi connectivity index (χ1) is 15.8. The van der Waals surface area contributed by atoms with Crippen LogP contribution in [0.4, 0.5) is 4.79 Å².